The molecule has 0 aliphatic carbocycles. The van der Waals surface area contributed by atoms with Crippen LogP contribution in [0.5, 0.6) is 0 Å². The molecular weight excluding hydrogens is 230 g/mol. The van der Waals surface area contributed by atoms with Gasteiger partial charge in [0.25, 0.3) is 0 Å². The SMILES string of the molecule is CC1CN(C(=O)COC2(C)CNC2)CC1N(C)C. The van der Waals surface area contributed by atoms with Gasteiger partial charge in [-0.05, 0) is 26.9 Å². The highest BCUT2D eigenvalue weighted by atomic mass is 16.5. The van der Waals surface area contributed by atoms with Crippen LogP contribution in [0.1, 0.15) is 13.8 Å². The van der Waals surface area contributed by atoms with E-state index in [1.54, 1.807) is 0 Å². The summed E-state index contributed by atoms with van der Waals surface area (Å²) in [6.07, 6.45) is 0. The molecule has 1 N–H and O–H groups in total. The third-order valence-corrected chi connectivity index (χ3v) is 4.13. The molecule has 0 aromatic carbocycles. The molecule has 0 spiro atoms. The normalized spacial score (nSPS) is 30.6. The molecule has 2 fully saturated rings. The van der Waals surface area contributed by atoms with Crippen molar-refractivity contribution in [2.75, 3.05) is 46.9 Å². The van der Waals surface area contributed by atoms with Gasteiger partial charge in [0.1, 0.15) is 6.61 Å². The van der Waals surface area contributed by atoms with Crippen LogP contribution in [0.2, 0.25) is 0 Å². The van der Waals surface area contributed by atoms with E-state index in [0.29, 0.717) is 12.0 Å². The Morgan fingerprint density at radius 3 is 2.56 bits per heavy atom. The number of rotatable bonds is 4. The van der Waals surface area contributed by atoms with Crippen molar-refractivity contribution in [3.8, 4) is 0 Å². The number of amides is 1. The molecule has 5 heteroatoms. The largest absolute Gasteiger partial charge is 0.363 e. The van der Waals surface area contributed by atoms with Crippen LogP contribution in [0.4, 0.5) is 0 Å². The van der Waals surface area contributed by atoms with Crippen molar-refractivity contribution in [1.82, 2.24) is 15.1 Å². The topological polar surface area (TPSA) is 44.8 Å². The lowest BCUT2D eigenvalue weighted by Gasteiger charge is -2.39. The number of nitrogens with zero attached hydrogens (tertiary/aromatic N) is 2. The van der Waals surface area contributed by atoms with Gasteiger partial charge in [0.2, 0.25) is 5.91 Å². The van der Waals surface area contributed by atoms with E-state index in [-0.39, 0.29) is 18.1 Å². The molecule has 0 aromatic heterocycles. The number of likely N-dealkylation sites (tertiary alicyclic amines) is 1. The lowest BCUT2D eigenvalue weighted by Crippen LogP contribution is -2.59. The van der Waals surface area contributed by atoms with Gasteiger partial charge in [-0.3, -0.25) is 4.79 Å². The molecule has 2 heterocycles. The predicted octanol–water partition coefficient (Wildman–Crippen LogP) is -0.227. The van der Waals surface area contributed by atoms with E-state index < -0.39 is 0 Å². The second-order valence-corrected chi connectivity index (χ2v) is 6.15. The minimum absolute atomic E-state index is 0.124. The van der Waals surface area contributed by atoms with Gasteiger partial charge in [-0.1, -0.05) is 6.92 Å². The van der Waals surface area contributed by atoms with Gasteiger partial charge in [-0.25, -0.2) is 0 Å². The van der Waals surface area contributed by atoms with Crippen LogP contribution in [-0.4, -0.2) is 74.2 Å². The average molecular weight is 255 g/mol. The number of hydrogen-bond acceptors (Lipinski definition) is 4. The first-order valence-corrected chi connectivity index (χ1v) is 6.70. The van der Waals surface area contributed by atoms with E-state index in [0.717, 1.165) is 26.2 Å². The molecule has 104 valence electrons. The standard InChI is InChI=1S/C13H25N3O2/c1-10-5-16(6-11(10)15(3)4)12(17)7-18-13(2)8-14-9-13/h10-11,14H,5-9H2,1-4H3. The van der Waals surface area contributed by atoms with Crippen molar-refractivity contribution in [2.24, 2.45) is 5.92 Å². The molecule has 0 radical (unpaired) electrons. The number of nitrogens with one attached hydrogen (secondary N) is 1. The maximum absolute atomic E-state index is 12.1. The second-order valence-electron chi connectivity index (χ2n) is 6.15. The zero-order valence-electron chi connectivity index (χ0n) is 11.9. The van der Waals surface area contributed by atoms with Crippen LogP contribution in [0.3, 0.4) is 0 Å². The summed E-state index contributed by atoms with van der Waals surface area (Å²) in [4.78, 5) is 16.2. The Kier molecular flexibility index (Phi) is 3.94. The summed E-state index contributed by atoms with van der Waals surface area (Å²) in [6, 6.07) is 0.468. The molecular formula is C13H25N3O2. The Labute approximate surface area is 109 Å². The Morgan fingerprint density at radius 1 is 1.44 bits per heavy atom. The first-order chi connectivity index (χ1) is 8.41. The molecule has 5 nitrogen and oxygen atoms in total. The molecule has 2 aliphatic heterocycles. The monoisotopic (exact) mass is 255 g/mol. The van der Waals surface area contributed by atoms with Crippen LogP contribution in [0, 0.1) is 5.92 Å². The van der Waals surface area contributed by atoms with Gasteiger partial charge in [-0.15, -0.1) is 0 Å². The highest BCUT2D eigenvalue weighted by Crippen LogP contribution is 2.21. The number of carbonyl (C=O) groups is 1. The lowest BCUT2D eigenvalue weighted by molar-refractivity contribution is -0.145. The molecule has 0 saturated carbocycles. The van der Waals surface area contributed by atoms with Gasteiger partial charge >= 0.3 is 0 Å². The number of hydrogen-bond donors (Lipinski definition) is 1. The Morgan fingerprint density at radius 2 is 2.11 bits per heavy atom. The van der Waals surface area contributed by atoms with Crippen LogP contribution < -0.4 is 5.32 Å². The fourth-order valence-corrected chi connectivity index (χ4v) is 2.73. The summed E-state index contributed by atoms with van der Waals surface area (Å²) >= 11 is 0. The molecule has 0 aromatic rings. The van der Waals surface area contributed by atoms with Gasteiger partial charge in [0.15, 0.2) is 0 Å². The summed E-state index contributed by atoms with van der Waals surface area (Å²) in [5.41, 5.74) is -0.137. The molecule has 0 bridgehead atoms. The van der Waals surface area contributed by atoms with E-state index in [1.165, 1.54) is 0 Å². The van der Waals surface area contributed by atoms with Crippen molar-refractivity contribution in [1.29, 1.82) is 0 Å². The Bertz CT molecular complexity index is 315. The maximum atomic E-state index is 12.1. The second kappa shape index (κ2) is 5.15. The van der Waals surface area contributed by atoms with Crippen molar-refractivity contribution < 1.29 is 9.53 Å². The minimum atomic E-state index is -0.137. The third-order valence-electron chi connectivity index (χ3n) is 4.13. The number of ether oxygens (including phenoxy) is 1. The molecule has 2 atom stereocenters. The molecule has 18 heavy (non-hydrogen) atoms. The van der Waals surface area contributed by atoms with E-state index in [9.17, 15) is 4.79 Å². The molecule has 2 unspecified atom stereocenters. The van der Waals surface area contributed by atoms with Crippen molar-refractivity contribution >= 4 is 5.91 Å². The molecule has 1 amide bonds. The Balaban J connectivity index is 1.80. The molecule has 2 saturated heterocycles. The zero-order valence-corrected chi connectivity index (χ0v) is 11.9. The fourth-order valence-electron chi connectivity index (χ4n) is 2.73. The van der Waals surface area contributed by atoms with Crippen LogP contribution in [0.25, 0.3) is 0 Å². The lowest BCUT2D eigenvalue weighted by atomic mass is 10.0. The van der Waals surface area contributed by atoms with Gasteiger partial charge in [0, 0.05) is 32.2 Å². The number of carbonyl (C=O) groups excluding carboxylic acids is 1. The van der Waals surface area contributed by atoms with E-state index in [2.05, 4.69) is 31.2 Å². The maximum Gasteiger partial charge on any atom is 0.248 e. The van der Waals surface area contributed by atoms with Crippen LogP contribution in [0.15, 0.2) is 0 Å². The number of likely N-dealkylation sites (N-methyl/N-ethyl adjacent to an activating group) is 1. The van der Waals surface area contributed by atoms with Crippen LogP contribution in [-0.2, 0) is 9.53 Å². The minimum Gasteiger partial charge on any atom is -0.363 e. The van der Waals surface area contributed by atoms with Crippen molar-refractivity contribution in [3.05, 3.63) is 0 Å². The summed E-state index contributed by atoms with van der Waals surface area (Å²) in [5, 5.41) is 3.17. The summed E-state index contributed by atoms with van der Waals surface area (Å²) in [5.74, 6) is 0.657. The van der Waals surface area contributed by atoms with Gasteiger partial charge in [0.05, 0.1) is 5.60 Å². The van der Waals surface area contributed by atoms with E-state index >= 15 is 0 Å². The average Bonchev–Trinajstić information content (AvgIpc) is 2.65. The van der Waals surface area contributed by atoms with Crippen molar-refractivity contribution in [3.63, 3.8) is 0 Å². The summed E-state index contributed by atoms with van der Waals surface area (Å²) < 4.78 is 5.70. The highest BCUT2D eigenvalue weighted by Gasteiger charge is 2.36. The zero-order chi connectivity index (χ0) is 13.3. The first-order valence-electron chi connectivity index (χ1n) is 6.70. The predicted molar refractivity (Wildman–Crippen MR) is 70.4 cm³/mol. The highest BCUT2D eigenvalue weighted by molar-refractivity contribution is 5.78. The van der Waals surface area contributed by atoms with E-state index in [4.69, 9.17) is 4.74 Å². The van der Waals surface area contributed by atoms with E-state index in [1.807, 2.05) is 11.8 Å². The van der Waals surface area contributed by atoms with Crippen molar-refractivity contribution in [2.45, 2.75) is 25.5 Å². The Hall–Kier alpha value is -0.650. The summed E-state index contributed by atoms with van der Waals surface area (Å²) in [6.45, 7) is 7.83. The molecule has 2 rings (SSSR count). The smallest absolute Gasteiger partial charge is 0.248 e. The molecule has 2 aliphatic rings. The van der Waals surface area contributed by atoms with Gasteiger partial charge < -0.3 is 19.9 Å². The fraction of sp³-hybridized carbons (Fsp3) is 0.923. The first kappa shape index (κ1) is 13.8. The quantitative estimate of drug-likeness (QED) is 0.754. The van der Waals surface area contributed by atoms with Crippen LogP contribution >= 0.6 is 0 Å². The third kappa shape index (κ3) is 2.84. The van der Waals surface area contributed by atoms with Gasteiger partial charge in [-0.2, -0.15) is 0 Å². The summed E-state index contributed by atoms with van der Waals surface area (Å²) in [7, 11) is 4.15.